The van der Waals surface area contributed by atoms with Crippen LogP contribution in [0.5, 0.6) is 0 Å². The Kier molecular flexibility index (Phi) is 5.50. The lowest BCUT2D eigenvalue weighted by atomic mass is 9.90. The molecular weight excluding hydrogens is 304 g/mol. The third-order valence-corrected chi connectivity index (χ3v) is 7.00. The first-order valence-electron chi connectivity index (χ1n) is 8.21. The van der Waals surface area contributed by atoms with Crippen molar-refractivity contribution in [1.29, 1.82) is 0 Å². The molecule has 0 aromatic heterocycles. The number of hydrogen-bond acceptors (Lipinski definition) is 5. The number of carbonyl (C=O) groups is 1. The molecule has 22 heavy (non-hydrogen) atoms. The van der Waals surface area contributed by atoms with Crippen molar-refractivity contribution >= 4 is 16.0 Å². The molecule has 2 heterocycles. The van der Waals surface area contributed by atoms with Crippen molar-refractivity contribution in [2.24, 2.45) is 5.92 Å². The Morgan fingerprint density at radius 1 is 1.41 bits per heavy atom. The summed E-state index contributed by atoms with van der Waals surface area (Å²) in [5, 5.41) is 3.02. The van der Waals surface area contributed by atoms with Gasteiger partial charge in [0.2, 0.25) is 10.0 Å². The van der Waals surface area contributed by atoms with Crippen LogP contribution >= 0.6 is 0 Å². The van der Waals surface area contributed by atoms with E-state index in [0.717, 1.165) is 12.8 Å². The number of ether oxygens (including phenoxy) is 1. The van der Waals surface area contributed by atoms with E-state index in [1.165, 1.54) is 0 Å². The van der Waals surface area contributed by atoms with Crippen molar-refractivity contribution in [2.75, 3.05) is 13.1 Å². The fraction of sp³-hybridized carbons (Fsp3) is 0.933. The van der Waals surface area contributed by atoms with Crippen molar-refractivity contribution in [1.82, 2.24) is 9.62 Å². The second-order valence-electron chi connectivity index (χ2n) is 6.72. The number of esters is 1. The molecule has 2 fully saturated rings. The summed E-state index contributed by atoms with van der Waals surface area (Å²) in [6.45, 7) is 8.46. The highest BCUT2D eigenvalue weighted by Crippen LogP contribution is 2.26. The highest BCUT2D eigenvalue weighted by molar-refractivity contribution is 7.89. The molecule has 0 saturated carbocycles. The van der Waals surface area contributed by atoms with E-state index < -0.39 is 10.0 Å². The summed E-state index contributed by atoms with van der Waals surface area (Å²) in [4.78, 5) is 11.8. The van der Waals surface area contributed by atoms with Gasteiger partial charge in [0.15, 0.2) is 0 Å². The van der Waals surface area contributed by atoms with E-state index in [0.29, 0.717) is 19.5 Å². The van der Waals surface area contributed by atoms with Crippen LogP contribution in [0.1, 0.15) is 47.0 Å². The Labute approximate surface area is 133 Å². The first-order chi connectivity index (χ1) is 10.3. The molecule has 0 unspecified atom stereocenters. The summed E-state index contributed by atoms with van der Waals surface area (Å²) in [6.07, 6.45) is 2.29. The van der Waals surface area contributed by atoms with E-state index in [-0.39, 0.29) is 35.3 Å². The third kappa shape index (κ3) is 3.63. The van der Waals surface area contributed by atoms with Gasteiger partial charge in [-0.25, -0.2) is 12.7 Å². The number of nitrogens with zero attached hydrogens (tertiary/aromatic N) is 1. The zero-order chi connectivity index (χ0) is 16.5. The molecule has 0 bridgehead atoms. The van der Waals surface area contributed by atoms with E-state index in [1.54, 1.807) is 18.2 Å². The lowest BCUT2D eigenvalue weighted by Crippen LogP contribution is -2.54. The molecule has 0 aromatic carbocycles. The lowest BCUT2D eigenvalue weighted by Gasteiger charge is -2.39. The number of nitrogens with one attached hydrogen (secondary N) is 1. The number of carbonyl (C=O) groups excluding carboxylic acids is 1. The van der Waals surface area contributed by atoms with Crippen molar-refractivity contribution < 1.29 is 17.9 Å². The zero-order valence-corrected chi connectivity index (χ0v) is 14.7. The van der Waals surface area contributed by atoms with Gasteiger partial charge in [0.1, 0.15) is 12.1 Å². The van der Waals surface area contributed by atoms with Crippen LogP contribution in [-0.2, 0) is 19.6 Å². The standard InChI is InChI=1S/C15H28N2O4S/c1-5-12-9-17(22(19,20)10(2)3)7-6-13(12)16-14-8-11(4)21-15(14)18/h10-14,16H,5-9H2,1-4H3/t11-,12-,13+,14+/m1/s1. The van der Waals surface area contributed by atoms with Gasteiger partial charge in [0.25, 0.3) is 0 Å². The van der Waals surface area contributed by atoms with Crippen LogP contribution in [0.15, 0.2) is 0 Å². The van der Waals surface area contributed by atoms with Gasteiger partial charge in [0.05, 0.1) is 5.25 Å². The van der Waals surface area contributed by atoms with Gasteiger partial charge in [0, 0.05) is 25.6 Å². The molecule has 7 heteroatoms. The van der Waals surface area contributed by atoms with Crippen LogP contribution in [0.25, 0.3) is 0 Å². The lowest BCUT2D eigenvalue weighted by molar-refractivity contribution is -0.142. The Morgan fingerprint density at radius 3 is 2.59 bits per heavy atom. The maximum Gasteiger partial charge on any atom is 0.323 e. The van der Waals surface area contributed by atoms with Gasteiger partial charge in [-0.15, -0.1) is 0 Å². The summed E-state index contributed by atoms with van der Waals surface area (Å²) in [7, 11) is -3.20. The molecule has 2 aliphatic rings. The Balaban J connectivity index is 2.00. The van der Waals surface area contributed by atoms with Crippen LogP contribution in [0, 0.1) is 5.92 Å². The number of hydrogen-bond donors (Lipinski definition) is 1. The molecular formula is C15H28N2O4S. The van der Waals surface area contributed by atoms with Crippen LogP contribution in [0.4, 0.5) is 0 Å². The van der Waals surface area contributed by atoms with E-state index in [2.05, 4.69) is 12.2 Å². The monoisotopic (exact) mass is 332 g/mol. The van der Waals surface area contributed by atoms with Gasteiger partial charge >= 0.3 is 5.97 Å². The Hall–Kier alpha value is -0.660. The smallest absolute Gasteiger partial charge is 0.323 e. The number of cyclic esters (lactones) is 1. The minimum atomic E-state index is -3.20. The van der Waals surface area contributed by atoms with Gasteiger partial charge < -0.3 is 10.1 Å². The molecule has 6 nitrogen and oxygen atoms in total. The molecule has 0 aromatic rings. The molecule has 2 saturated heterocycles. The third-order valence-electron chi connectivity index (χ3n) is 4.76. The maximum absolute atomic E-state index is 12.3. The molecule has 2 aliphatic heterocycles. The quantitative estimate of drug-likeness (QED) is 0.764. The fourth-order valence-electron chi connectivity index (χ4n) is 3.31. The second kappa shape index (κ2) is 6.84. The Bertz CT molecular complexity index is 506. The minimum absolute atomic E-state index is 0.0357. The topological polar surface area (TPSA) is 75.7 Å². The van der Waals surface area contributed by atoms with Crippen LogP contribution in [-0.4, -0.2) is 55.2 Å². The van der Waals surface area contributed by atoms with E-state index >= 15 is 0 Å². The first-order valence-corrected chi connectivity index (χ1v) is 9.71. The molecule has 0 amide bonds. The van der Waals surface area contributed by atoms with Crippen molar-refractivity contribution in [2.45, 2.75) is 70.4 Å². The van der Waals surface area contributed by atoms with Gasteiger partial charge in [-0.1, -0.05) is 13.3 Å². The normalized spacial score (nSPS) is 34.1. The molecule has 128 valence electrons. The predicted octanol–water partition coefficient (Wildman–Crippen LogP) is 1.12. The fourth-order valence-corrected chi connectivity index (χ4v) is 4.67. The average Bonchev–Trinajstić information content (AvgIpc) is 2.76. The molecule has 0 radical (unpaired) electrons. The van der Waals surface area contributed by atoms with Crippen LogP contribution in [0.3, 0.4) is 0 Å². The first kappa shape index (κ1) is 17.7. The molecule has 0 spiro atoms. The van der Waals surface area contributed by atoms with Crippen LogP contribution in [0.2, 0.25) is 0 Å². The van der Waals surface area contributed by atoms with Gasteiger partial charge in [-0.2, -0.15) is 0 Å². The molecule has 2 rings (SSSR count). The highest BCUT2D eigenvalue weighted by atomic mass is 32.2. The number of sulfonamides is 1. The van der Waals surface area contributed by atoms with Crippen molar-refractivity contribution in [3.05, 3.63) is 0 Å². The molecule has 1 N–H and O–H groups in total. The number of piperidine rings is 1. The van der Waals surface area contributed by atoms with Gasteiger partial charge in [-0.05, 0) is 33.1 Å². The van der Waals surface area contributed by atoms with Crippen molar-refractivity contribution in [3.63, 3.8) is 0 Å². The minimum Gasteiger partial charge on any atom is -0.461 e. The maximum atomic E-state index is 12.3. The van der Waals surface area contributed by atoms with E-state index in [4.69, 9.17) is 4.74 Å². The second-order valence-corrected chi connectivity index (χ2v) is 9.21. The number of rotatable bonds is 5. The summed E-state index contributed by atoms with van der Waals surface area (Å²) in [6, 6.07) is -0.0752. The largest absolute Gasteiger partial charge is 0.461 e. The van der Waals surface area contributed by atoms with E-state index in [9.17, 15) is 13.2 Å². The summed E-state index contributed by atoms with van der Waals surface area (Å²) in [5.41, 5.74) is 0. The van der Waals surface area contributed by atoms with Crippen LogP contribution < -0.4 is 5.32 Å². The summed E-state index contributed by atoms with van der Waals surface area (Å²) >= 11 is 0. The predicted molar refractivity (Wildman–Crippen MR) is 84.9 cm³/mol. The molecule has 4 atom stereocenters. The Morgan fingerprint density at radius 2 is 2.09 bits per heavy atom. The van der Waals surface area contributed by atoms with Gasteiger partial charge in [-0.3, -0.25) is 4.79 Å². The van der Waals surface area contributed by atoms with E-state index in [1.807, 2.05) is 6.92 Å². The SMILES string of the molecule is CC[C@@H]1CN(S(=O)(=O)C(C)C)CC[C@@H]1N[C@H]1C[C@@H](C)OC1=O. The van der Waals surface area contributed by atoms with Crippen molar-refractivity contribution in [3.8, 4) is 0 Å². The highest BCUT2D eigenvalue weighted by Gasteiger charge is 2.39. The zero-order valence-electron chi connectivity index (χ0n) is 13.9. The average molecular weight is 332 g/mol. The molecule has 0 aliphatic carbocycles. The summed E-state index contributed by atoms with van der Waals surface area (Å²) < 4.78 is 31.4. The summed E-state index contributed by atoms with van der Waals surface area (Å²) in [5.74, 6) is 0.0468.